The number of sulfone groups is 1. The number of nitrogens with zero attached hydrogens (tertiary/aromatic N) is 2. The van der Waals surface area contributed by atoms with Gasteiger partial charge in [0.2, 0.25) is 5.91 Å². The number of piperidine rings is 1. The molecule has 0 bridgehead atoms. The predicted octanol–water partition coefficient (Wildman–Crippen LogP) is 2.02. The molecule has 1 aromatic rings. The number of amides is 1. The molecule has 1 heterocycles. The SMILES string of the molecule is CC1CCN(C(=O)[C@H](C)S(=O)(=O)c2ccc([N+](=O)[O-])cc2)CC1. The lowest BCUT2D eigenvalue weighted by Gasteiger charge is -2.32. The number of likely N-dealkylation sites (tertiary alicyclic amines) is 1. The monoisotopic (exact) mass is 340 g/mol. The molecule has 7 nitrogen and oxygen atoms in total. The number of nitro groups is 1. The Balaban J connectivity index is 2.17. The molecule has 23 heavy (non-hydrogen) atoms. The average molecular weight is 340 g/mol. The first-order chi connectivity index (χ1) is 10.7. The molecule has 0 saturated carbocycles. The lowest BCUT2D eigenvalue weighted by Crippen LogP contribution is -2.45. The number of carbonyl (C=O) groups is 1. The normalized spacial score (nSPS) is 17.7. The summed E-state index contributed by atoms with van der Waals surface area (Å²) in [5.41, 5.74) is -0.187. The van der Waals surface area contributed by atoms with Crippen LogP contribution >= 0.6 is 0 Å². The average Bonchev–Trinajstić information content (AvgIpc) is 2.54. The Labute approximate surface area is 135 Å². The summed E-state index contributed by atoms with van der Waals surface area (Å²) in [6.07, 6.45) is 1.74. The Bertz CT molecular complexity index is 691. The third-order valence-electron chi connectivity index (χ3n) is 4.28. The Kier molecular flexibility index (Phi) is 5.03. The molecule has 1 amide bonds. The van der Waals surface area contributed by atoms with Crippen LogP contribution in [0, 0.1) is 16.0 Å². The number of hydrogen-bond donors (Lipinski definition) is 0. The molecule has 0 aliphatic carbocycles. The van der Waals surface area contributed by atoms with Crippen molar-refractivity contribution in [2.24, 2.45) is 5.92 Å². The molecule has 0 N–H and O–H groups in total. The Morgan fingerprint density at radius 3 is 2.26 bits per heavy atom. The highest BCUT2D eigenvalue weighted by Crippen LogP contribution is 2.23. The van der Waals surface area contributed by atoms with Crippen LogP contribution in [0.25, 0.3) is 0 Å². The van der Waals surface area contributed by atoms with E-state index >= 15 is 0 Å². The summed E-state index contributed by atoms with van der Waals surface area (Å²) >= 11 is 0. The zero-order valence-electron chi connectivity index (χ0n) is 13.1. The van der Waals surface area contributed by atoms with Gasteiger partial charge in [0.25, 0.3) is 5.69 Å². The van der Waals surface area contributed by atoms with Crippen molar-refractivity contribution in [2.45, 2.75) is 36.8 Å². The maximum Gasteiger partial charge on any atom is 0.269 e. The second kappa shape index (κ2) is 6.66. The Morgan fingerprint density at radius 2 is 1.78 bits per heavy atom. The van der Waals surface area contributed by atoms with Crippen LogP contribution in [0.15, 0.2) is 29.2 Å². The lowest BCUT2D eigenvalue weighted by atomic mass is 9.99. The highest BCUT2D eigenvalue weighted by Gasteiger charge is 2.34. The molecule has 126 valence electrons. The fourth-order valence-corrected chi connectivity index (χ4v) is 3.92. The quantitative estimate of drug-likeness (QED) is 0.617. The molecular formula is C15H20N2O5S. The highest BCUT2D eigenvalue weighted by atomic mass is 32.2. The van der Waals surface area contributed by atoms with E-state index in [1.807, 2.05) is 0 Å². The van der Waals surface area contributed by atoms with E-state index in [1.165, 1.54) is 19.1 Å². The van der Waals surface area contributed by atoms with E-state index in [0.29, 0.717) is 19.0 Å². The van der Waals surface area contributed by atoms with E-state index in [1.54, 1.807) is 4.90 Å². The first-order valence-electron chi connectivity index (χ1n) is 7.50. The van der Waals surface area contributed by atoms with Crippen molar-refractivity contribution in [3.8, 4) is 0 Å². The molecular weight excluding hydrogens is 320 g/mol. The van der Waals surface area contributed by atoms with Crippen molar-refractivity contribution < 1.29 is 18.1 Å². The van der Waals surface area contributed by atoms with Crippen molar-refractivity contribution >= 4 is 21.4 Å². The van der Waals surface area contributed by atoms with Gasteiger partial charge in [0.1, 0.15) is 5.25 Å². The minimum atomic E-state index is -3.86. The van der Waals surface area contributed by atoms with Crippen molar-refractivity contribution in [2.75, 3.05) is 13.1 Å². The molecule has 0 aromatic heterocycles. The molecule has 1 aliphatic heterocycles. The maximum atomic E-state index is 12.5. The summed E-state index contributed by atoms with van der Waals surface area (Å²) in [6, 6.07) is 4.62. The predicted molar refractivity (Wildman–Crippen MR) is 84.7 cm³/mol. The van der Waals surface area contributed by atoms with E-state index in [9.17, 15) is 23.3 Å². The number of carbonyl (C=O) groups excluding carboxylic acids is 1. The Hall–Kier alpha value is -1.96. The van der Waals surface area contributed by atoms with Crippen LogP contribution in [0.2, 0.25) is 0 Å². The fraction of sp³-hybridized carbons (Fsp3) is 0.533. The lowest BCUT2D eigenvalue weighted by molar-refractivity contribution is -0.384. The highest BCUT2D eigenvalue weighted by molar-refractivity contribution is 7.92. The van der Waals surface area contributed by atoms with Gasteiger partial charge in [0.05, 0.1) is 9.82 Å². The molecule has 1 fully saturated rings. The summed E-state index contributed by atoms with van der Waals surface area (Å²) < 4.78 is 25.1. The van der Waals surface area contributed by atoms with Crippen LogP contribution < -0.4 is 0 Å². The van der Waals surface area contributed by atoms with E-state index in [-0.39, 0.29) is 10.6 Å². The van der Waals surface area contributed by atoms with Gasteiger partial charge >= 0.3 is 0 Å². The van der Waals surface area contributed by atoms with Gasteiger partial charge in [-0.2, -0.15) is 0 Å². The van der Waals surface area contributed by atoms with E-state index < -0.39 is 25.9 Å². The van der Waals surface area contributed by atoms with Gasteiger partial charge in [-0.15, -0.1) is 0 Å². The Morgan fingerprint density at radius 1 is 1.26 bits per heavy atom. The van der Waals surface area contributed by atoms with Crippen LogP contribution in [0.3, 0.4) is 0 Å². The number of hydrogen-bond acceptors (Lipinski definition) is 5. The zero-order valence-corrected chi connectivity index (χ0v) is 14.0. The van der Waals surface area contributed by atoms with Gasteiger partial charge in [0.15, 0.2) is 9.84 Å². The molecule has 1 saturated heterocycles. The number of non-ortho nitro benzene ring substituents is 1. The van der Waals surface area contributed by atoms with Gasteiger partial charge in [-0.3, -0.25) is 14.9 Å². The van der Waals surface area contributed by atoms with Crippen molar-refractivity contribution in [3.63, 3.8) is 0 Å². The van der Waals surface area contributed by atoms with Crippen molar-refractivity contribution in [1.29, 1.82) is 0 Å². The largest absolute Gasteiger partial charge is 0.342 e. The summed E-state index contributed by atoms with van der Waals surface area (Å²) in [5, 5.41) is 9.44. The minimum Gasteiger partial charge on any atom is -0.342 e. The van der Waals surface area contributed by atoms with E-state index in [2.05, 4.69) is 6.92 Å². The topological polar surface area (TPSA) is 97.6 Å². The standard InChI is InChI=1S/C15H20N2O5S/c1-11-7-9-16(10-8-11)15(18)12(2)23(21,22)14-5-3-13(4-6-14)17(19)20/h3-6,11-12H,7-10H2,1-2H3/t12-/m0/s1. The molecule has 0 radical (unpaired) electrons. The smallest absolute Gasteiger partial charge is 0.269 e. The van der Waals surface area contributed by atoms with Crippen LogP contribution in [0.5, 0.6) is 0 Å². The second-order valence-corrected chi connectivity index (χ2v) is 8.21. The van der Waals surface area contributed by atoms with Crippen LogP contribution in [-0.4, -0.2) is 42.5 Å². The maximum absolute atomic E-state index is 12.5. The number of rotatable bonds is 4. The zero-order chi connectivity index (χ0) is 17.2. The van der Waals surface area contributed by atoms with Crippen molar-refractivity contribution in [1.82, 2.24) is 4.90 Å². The van der Waals surface area contributed by atoms with Gasteiger partial charge in [-0.05, 0) is 37.8 Å². The van der Waals surface area contributed by atoms with Crippen LogP contribution in [0.1, 0.15) is 26.7 Å². The molecule has 1 atom stereocenters. The van der Waals surface area contributed by atoms with Gasteiger partial charge in [-0.25, -0.2) is 8.42 Å². The summed E-state index contributed by atoms with van der Waals surface area (Å²) in [4.78, 5) is 24.0. The molecule has 8 heteroatoms. The molecule has 0 spiro atoms. The van der Waals surface area contributed by atoms with Gasteiger partial charge < -0.3 is 4.90 Å². The molecule has 1 aliphatic rings. The minimum absolute atomic E-state index is 0.0747. The summed E-state index contributed by atoms with van der Waals surface area (Å²) in [6.45, 7) is 4.62. The molecule has 0 unspecified atom stereocenters. The van der Waals surface area contributed by atoms with Crippen LogP contribution in [0.4, 0.5) is 5.69 Å². The third-order valence-corrected chi connectivity index (χ3v) is 6.35. The van der Waals surface area contributed by atoms with Gasteiger partial charge in [0, 0.05) is 25.2 Å². The summed E-state index contributed by atoms with van der Waals surface area (Å²) in [7, 11) is -3.86. The van der Waals surface area contributed by atoms with Gasteiger partial charge in [-0.1, -0.05) is 6.92 Å². The summed E-state index contributed by atoms with van der Waals surface area (Å²) in [5.74, 6) is 0.135. The number of benzene rings is 1. The molecule has 2 rings (SSSR count). The van der Waals surface area contributed by atoms with E-state index in [4.69, 9.17) is 0 Å². The first-order valence-corrected chi connectivity index (χ1v) is 9.05. The first kappa shape index (κ1) is 17.4. The number of nitro benzene ring substituents is 1. The second-order valence-electron chi connectivity index (χ2n) is 5.95. The van der Waals surface area contributed by atoms with E-state index in [0.717, 1.165) is 25.0 Å². The molecule has 1 aromatic carbocycles. The van der Waals surface area contributed by atoms with Crippen molar-refractivity contribution in [3.05, 3.63) is 34.4 Å². The van der Waals surface area contributed by atoms with Crippen LogP contribution in [-0.2, 0) is 14.6 Å². The third kappa shape index (κ3) is 3.69. The fourth-order valence-electron chi connectivity index (χ4n) is 2.58.